The SMILES string of the molecule is O=C(CC1CCN(C/C=C/c2ccc(OCCCN3CCCC3)cc2)CC1)NC(c1ccc(F)cc1)c1ccc(F)cc1. The Kier molecular flexibility index (Phi) is 11.3. The van der Waals surface area contributed by atoms with Gasteiger partial charge in [0.05, 0.1) is 12.6 Å². The molecule has 3 aromatic rings. The van der Waals surface area contributed by atoms with Crippen LogP contribution in [0.25, 0.3) is 6.08 Å². The summed E-state index contributed by atoms with van der Waals surface area (Å²) in [6, 6.07) is 20.0. The Morgan fingerprint density at radius 2 is 1.44 bits per heavy atom. The number of rotatable bonds is 13. The molecule has 7 heteroatoms. The minimum atomic E-state index is -0.459. The van der Waals surface area contributed by atoms with Gasteiger partial charge in [-0.1, -0.05) is 48.6 Å². The molecule has 0 aromatic heterocycles. The summed E-state index contributed by atoms with van der Waals surface area (Å²) in [6.07, 6.45) is 10.4. The van der Waals surface area contributed by atoms with E-state index >= 15 is 0 Å². The van der Waals surface area contributed by atoms with E-state index in [-0.39, 0.29) is 17.5 Å². The molecule has 0 aliphatic carbocycles. The molecule has 2 saturated heterocycles. The van der Waals surface area contributed by atoms with Crippen molar-refractivity contribution in [3.8, 4) is 5.75 Å². The van der Waals surface area contributed by atoms with Gasteiger partial charge in [-0.3, -0.25) is 9.69 Å². The number of nitrogens with one attached hydrogen (secondary N) is 1. The summed E-state index contributed by atoms with van der Waals surface area (Å²) in [7, 11) is 0. The van der Waals surface area contributed by atoms with Gasteiger partial charge in [0.15, 0.2) is 0 Å². The largest absolute Gasteiger partial charge is 0.494 e. The number of benzene rings is 3. The summed E-state index contributed by atoms with van der Waals surface area (Å²) in [6.45, 7) is 7.13. The fraction of sp³-hybridized carbons (Fsp3) is 0.417. The average Bonchev–Trinajstić information content (AvgIpc) is 3.55. The Morgan fingerprint density at radius 3 is 2.05 bits per heavy atom. The van der Waals surface area contributed by atoms with E-state index in [1.54, 1.807) is 24.3 Å². The zero-order valence-electron chi connectivity index (χ0n) is 24.9. The maximum atomic E-state index is 13.5. The van der Waals surface area contributed by atoms with Gasteiger partial charge >= 0.3 is 0 Å². The molecule has 2 fully saturated rings. The number of hydrogen-bond acceptors (Lipinski definition) is 4. The number of amides is 1. The third-order valence-electron chi connectivity index (χ3n) is 8.53. The van der Waals surface area contributed by atoms with Crippen LogP contribution in [0.1, 0.15) is 61.3 Å². The van der Waals surface area contributed by atoms with Crippen molar-refractivity contribution in [3.05, 3.63) is 107 Å². The summed E-state index contributed by atoms with van der Waals surface area (Å²) < 4.78 is 33.0. The van der Waals surface area contributed by atoms with Gasteiger partial charge in [-0.25, -0.2) is 8.78 Å². The lowest BCUT2D eigenvalue weighted by Crippen LogP contribution is -2.36. The molecule has 0 saturated carbocycles. The zero-order chi connectivity index (χ0) is 29.9. The second kappa shape index (κ2) is 15.8. The predicted octanol–water partition coefficient (Wildman–Crippen LogP) is 6.85. The van der Waals surface area contributed by atoms with Crippen molar-refractivity contribution in [1.29, 1.82) is 0 Å². The van der Waals surface area contributed by atoms with Crippen LogP contribution in [0.5, 0.6) is 5.75 Å². The van der Waals surface area contributed by atoms with Gasteiger partial charge in [0.2, 0.25) is 5.91 Å². The summed E-state index contributed by atoms with van der Waals surface area (Å²) in [5.41, 5.74) is 2.68. The van der Waals surface area contributed by atoms with Gasteiger partial charge in [0.25, 0.3) is 0 Å². The molecule has 2 heterocycles. The Morgan fingerprint density at radius 1 is 0.837 bits per heavy atom. The van der Waals surface area contributed by atoms with Gasteiger partial charge in [0, 0.05) is 19.5 Å². The van der Waals surface area contributed by atoms with E-state index < -0.39 is 6.04 Å². The fourth-order valence-corrected chi connectivity index (χ4v) is 6.02. The van der Waals surface area contributed by atoms with E-state index in [0.717, 1.165) is 74.5 Å². The molecule has 5 rings (SSSR count). The highest BCUT2D eigenvalue weighted by atomic mass is 19.1. The fourth-order valence-electron chi connectivity index (χ4n) is 6.02. The van der Waals surface area contributed by atoms with E-state index in [0.29, 0.717) is 12.3 Å². The molecule has 228 valence electrons. The quantitative estimate of drug-likeness (QED) is 0.222. The topological polar surface area (TPSA) is 44.8 Å². The number of ether oxygens (including phenoxy) is 1. The monoisotopic (exact) mass is 587 g/mol. The molecule has 0 bridgehead atoms. The molecule has 0 spiro atoms. The van der Waals surface area contributed by atoms with Crippen molar-refractivity contribution < 1.29 is 18.3 Å². The molecule has 0 atom stereocenters. The van der Waals surface area contributed by atoms with Crippen LogP contribution in [0.3, 0.4) is 0 Å². The number of hydrogen-bond donors (Lipinski definition) is 1. The van der Waals surface area contributed by atoms with Crippen LogP contribution < -0.4 is 10.1 Å². The number of nitrogens with zero attached hydrogens (tertiary/aromatic N) is 2. The molecule has 0 unspecified atom stereocenters. The van der Waals surface area contributed by atoms with Crippen LogP contribution in [0.4, 0.5) is 8.78 Å². The Balaban J connectivity index is 1.02. The van der Waals surface area contributed by atoms with Gasteiger partial charge in [-0.2, -0.15) is 0 Å². The highest BCUT2D eigenvalue weighted by molar-refractivity contribution is 5.77. The van der Waals surface area contributed by atoms with E-state index in [1.165, 1.54) is 50.2 Å². The van der Waals surface area contributed by atoms with Gasteiger partial charge in [0.1, 0.15) is 17.4 Å². The van der Waals surface area contributed by atoms with E-state index in [4.69, 9.17) is 4.74 Å². The van der Waals surface area contributed by atoms with Crippen LogP contribution in [-0.2, 0) is 4.79 Å². The average molecular weight is 588 g/mol. The van der Waals surface area contributed by atoms with Crippen LogP contribution in [0.2, 0.25) is 0 Å². The zero-order valence-corrected chi connectivity index (χ0v) is 24.9. The number of halogens is 2. The van der Waals surface area contributed by atoms with E-state index in [9.17, 15) is 13.6 Å². The molecule has 3 aromatic carbocycles. The maximum Gasteiger partial charge on any atom is 0.221 e. The second-order valence-corrected chi connectivity index (χ2v) is 11.8. The molecular formula is C36H43F2N3O2. The van der Waals surface area contributed by atoms with Crippen molar-refractivity contribution in [1.82, 2.24) is 15.1 Å². The van der Waals surface area contributed by atoms with Gasteiger partial charge < -0.3 is 15.0 Å². The van der Waals surface area contributed by atoms with Gasteiger partial charge in [-0.15, -0.1) is 0 Å². The first-order chi connectivity index (χ1) is 21.0. The Bertz CT molecular complexity index is 1250. The highest BCUT2D eigenvalue weighted by Crippen LogP contribution is 2.25. The minimum absolute atomic E-state index is 0.0454. The molecule has 1 amide bonds. The third kappa shape index (κ3) is 9.73. The molecular weight excluding hydrogens is 544 g/mol. The van der Waals surface area contributed by atoms with Crippen LogP contribution >= 0.6 is 0 Å². The van der Waals surface area contributed by atoms with Crippen molar-refractivity contribution in [2.75, 3.05) is 45.9 Å². The smallest absolute Gasteiger partial charge is 0.221 e. The number of carbonyl (C=O) groups excluding carboxylic acids is 1. The first-order valence-electron chi connectivity index (χ1n) is 15.7. The lowest BCUT2D eigenvalue weighted by Gasteiger charge is -2.31. The summed E-state index contributed by atoms with van der Waals surface area (Å²) in [5.74, 6) is 0.513. The molecule has 2 aliphatic heterocycles. The van der Waals surface area contributed by atoms with Crippen LogP contribution in [0.15, 0.2) is 78.9 Å². The first-order valence-corrected chi connectivity index (χ1v) is 15.7. The number of likely N-dealkylation sites (tertiary alicyclic amines) is 2. The summed E-state index contributed by atoms with van der Waals surface area (Å²) in [5, 5.41) is 3.11. The van der Waals surface area contributed by atoms with E-state index in [1.807, 2.05) is 12.1 Å². The van der Waals surface area contributed by atoms with Gasteiger partial charge in [-0.05, 0) is 117 Å². The van der Waals surface area contributed by atoms with Crippen molar-refractivity contribution in [3.63, 3.8) is 0 Å². The third-order valence-corrected chi connectivity index (χ3v) is 8.53. The standard InChI is InChI=1S/C36H43F2N3O2/c37-32-12-8-30(9-13-32)36(31-10-14-33(38)15-11-31)39-35(42)27-29-18-24-41(25-19-29)22-3-5-28-6-16-34(17-7-28)43-26-4-23-40-20-1-2-21-40/h3,5-17,29,36H,1-2,4,18-27H2,(H,39,42)/b5-3+. The van der Waals surface area contributed by atoms with Crippen LogP contribution in [-0.4, -0.2) is 61.6 Å². The maximum absolute atomic E-state index is 13.5. The predicted molar refractivity (Wildman–Crippen MR) is 168 cm³/mol. The number of carbonyl (C=O) groups is 1. The summed E-state index contributed by atoms with van der Waals surface area (Å²) >= 11 is 0. The molecule has 0 radical (unpaired) electrons. The normalized spacial score (nSPS) is 16.7. The van der Waals surface area contributed by atoms with Crippen molar-refractivity contribution in [2.45, 2.75) is 44.6 Å². The number of piperidine rings is 1. The molecule has 1 N–H and O–H groups in total. The lowest BCUT2D eigenvalue weighted by atomic mass is 9.92. The minimum Gasteiger partial charge on any atom is -0.494 e. The van der Waals surface area contributed by atoms with Crippen LogP contribution in [0, 0.1) is 17.6 Å². The highest BCUT2D eigenvalue weighted by Gasteiger charge is 2.23. The van der Waals surface area contributed by atoms with Crippen molar-refractivity contribution >= 4 is 12.0 Å². The molecule has 2 aliphatic rings. The Hall–Kier alpha value is -3.55. The molecule has 5 nitrogen and oxygen atoms in total. The Labute approximate surface area is 254 Å². The summed E-state index contributed by atoms with van der Waals surface area (Å²) in [4.78, 5) is 18.0. The van der Waals surface area contributed by atoms with Crippen molar-refractivity contribution in [2.24, 2.45) is 5.92 Å². The lowest BCUT2D eigenvalue weighted by molar-refractivity contribution is -0.122. The van der Waals surface area contributed by atoms with E-state index in [2.05, 4.69) is 39.4 Å². The molecule has 43 heavy (non-hydrogen) atoms. The second-order valence-electron chi connectivity index (χ2n) is 11.8. The first kappa shape index (κ1) is 30.9.